The fourth-order valence-electron chi connectivity index (χ4n) is 3.22. The third-order valence-electron chi connectivity index (χ3n) is 4.64. The van der Waals surface area contributed by atoms with Gasteiger partial charge in [-0.3, -0.25) is 4.68 Å². The molecule has 1 N–H and O–H groups in total. The lowest BCUT2D eigenvalue weighted by molar-refractivity contribution is 0.236. The van der Waals surface area contributed by atoms with E-state index in [1.165, 1.54) is 0 Å². The van der Waals surface area contributed by atoms with Crippen LogP contribution in [0.1, 0.15) is 12.8 Å². The van der Waals surface area contributed by atoms with Gasteiger partial charge in [0.05, 0.1) is 14.2 Å². The number of nitrogens with one attached hydrogen (secondary N) is 1. The van der Waals surface area contributed by atoms with Gasteiger partial charge < -0.3 is 19.3 Å². The highest BCUT2D eigenvalue weighted by molar-refractivity contribution is 5.61. The van der Waals surface area contributed by atoms with Crippen molar-refractivity contribution in [1.29, 1.82) is 0 Å². The zero-order valence-corrected chi connectivity index (χ0v) is 14.8. The maximum atomic E-state index is 5.33. The van der Waals surface area contributed by atoms with Crippen molar-refractivity contribution in [2.24, 2.45) is 5.92 Å². The van der Waals surface area contributed by atoms with Crippen LogP contribution in [0.5, 0.6) is 11.5 Å². The molecule has 0 amide bonds. The highest BCUT2D eigenvalue weighted by atomic mass is 16.5. The first-order chi connectivity index (χ1) is 12.7. The van der Waals surface area contributed by atoms with Gasteiger partial charge in [-0.25, -0.2) is 0 Å². The largest absolute Gasteiger partial charge is 0.493 e. The minimum absolute atomic E-state index is 0.356. The molecule has 0 atom stereocenters. The van der Waals surface area contributed by atoms with Gasteiger partial charge in [0.2, 0.25) is 5.82 Å². The molecule has 4 rings (SSSR count). The van der Waals surface area contributed by atoms with Crippen LogP contribution in [0.15, 0.2) is 41.2 Å². The lowest BCUT2D eigenvalue weighted by atomic mass is 9.80. The molecule has 0 saturated heterocycles. The van der Waals surface area contributed by atoms with Gasteiger partial charge in [0, 0.05) is 30.5 Å². The third-order valence-corrected chi connectivity index (χ3v) is 4.64. The SMILES string of the molecule is COc1ccc(-c2noc(NC3CC(Cn4cccn4)C3)n2)cc1OC. The first-order valence-electron chi connectivity index (χ1n) is 8.55. The second-order valence-corrected chi connectivity index (χ2v) is 6.40. The Hall–Kier alpha value is -3.03. The Kier molecular flexibility index (Phi) is 4.47. The summed E-state index contributed by atoms with van der Waals surface area (Å²) in [6.07, 6.45) is 5.93. The Labute approximate surface area is 151 Å². The molecule has 26 heavy (non-hydrogen) atoms. The molecule has 136 valence electrons. The smallest absolute Gasteiger partial charge is 0.322 e. The third kappa shape index (κ3) is 3.35. The number of methoxy groups -OCH3 is 2. The van der Waals surface area contributed by atoms with E-state index >= 15 is 0 Å². The molecule has 8 nitrogen and oxygen atoms in total. The van der Waals surface area contributed by atoms with Gasteiger partial charge in [-0.05, 0) is 43.0 Å². The Bertz CT molecular complexity index is 856. The summed E-state index contributed by atoms with van der Waals surface area (Å²) in [6, 6.07) is 8.27. The van der Waals surface area contributed by atoms with Crippen LogP contribution in [0, 0.1) is 5.92 Å². The number of benzene rings is 1. The number of rotatable bonds is 7. The predicted molar refractivity (Wildman–Crippen MR) is 95.2 cm³/mol. The lowest BCUT2D eigenvalue weighted by Gasteiger charge is -2.35. The van der Waals surface area contributed by atoms with Crippen molar-refractivity contribution in [3.63, 3.8) is 0 Å². The first kappa shape index (κ1) is 16.4. The van der Waals surface area contributed by atoms with E-state index in [0.29, 0.717) is 35.3 Å². The minimum Gasteiger partial charge on any atom is -0.493 e. The maximum absolute atomic E-state index is 5.33. The molecule has 1 aromatic carbocycles. The number of hydrogen-bond acceptors (Lipinski definition) is 7. The van der Waals surface area contributed by atoms with Crippen molar-refractivity contribution >= 4 is 6.01 Å². The van der Waals surface area contributed by atoms with E-state index in [1.807, 2.05) is 41.3 Å². The minimum atomic E-state index is 0.356. The normalized spacial score (nSPS) is 19.0. The molecular formula is C18H21N5O3. The molecular weight excluding hydrogens is 334 g/mol. The van der Waals surface area contributed by atoms with Gasteiger partial charge in [-0.15, -0.1) is 0 Å². The second-order valence-electron chi connectivity index (χ2n) is 6.40. The molecule has 0 unspecified atom stereocenters. The highest BCUT2D eigenvalue weighted by Crippen LogP contribution is 2.33. The molecule has 0 bridgehead atoms. The van der Waals surface area contributed by atoms with Crippen LogP contribution in [0.2, 0.25) is 0 Å². The van der Waals surface area contributed by atoms with Crippen molar-refractivity contribution in [3.05, 3.63) is 36.7 Å². The van der Waals surface area contributed by atoms with Gasteiger partial charge in [0.15, 0.2) is 11.5 Å². The fraction of sp³-hybridized carbons (Fsp3) is 0.389. The summed E-state index contributed by atoms with van der Waals surface area (Å²) in [6.45, 7) is 0.950. The number of hydrogen-bond donors (Lipinski definition) is 1. The molecule has 2 heterocycles. The molecule has 1 fully saturated rings. The summed E-state index contributed by atoms with van der Waals surface area (Å²) in [7, 11) is 3.20. The number of ether oxygens (including phenoxy) is 2. The van der Waals surface area contributed by atoms with Crippen LogP contribution in [0.3, 0.4) is 0 Å². The highest BCUT2D eigenvalue weighted by Gasteiger charge is 2.30. The van der Waals surface area contributed by atoms with E-state index in [4.69, 9.17) is 14.0 Å². The molecule has 1 saturated carbocycles. The number of nitrogens with zero attached hydrogens (tertiary/aromatic N) is 4. The van der Waals surface area contributed by atoms with Crippen LogP contribution in [-0.4, -0.2) is 40.2 Å². The summed E-state index contributed by atoms with van der Waals surface area (Å²) < 4.78 is 17.9. The summed E-state index contributed by atoms with van der Waals surface area (Å²) in [4.78, 5) is 4.43. The molecule has 1 aliphatic rings. The standard InChI is InChI=1S/C18H21N5O3/c1-24-15-5-4-13(10-16(15)25-2)17-21-18(26-22-17)20-14-8-12(9-14)11-23-7-3-6-19-23/h3-7,10,12,14H,8-9,11H2,1-2H3,(H,20,21,22). The van der Waals surface area contributed by atoms with Crippen molar-refractivity contribution in [3.8, 4) is 22.9 Å². The molecule has 1 aliphatic carbocycles. The molecule has 0 spiro atoms. The monoisotopic (exact) mass is 355 g/mol. The van der Waals surface area contributed by atoms with Crippen LogP contribution >= 0.6 is 0 Å². The lowest BCUT2D eigenvalue weighted by Crippen LogP contribution is -2.37. The van der Waals surface area contributed by atoms with Gasteiger partial charge in [-0.2, -0.15) is 10.1 Å². The topological polar surface area (TPSA) is 87.2 Å². The van der Waals surface area contributed by atoms with Crippen LogP contribution in [-0.2, 0) is 6.54 Å². The molecule has 8 heteroatoms. The Morgan fingerprint density at radius 1 is 1.23 bits per heavy atom. The zero-order chi connectivity index (χ0) is 17.9. The van der Waals surface area contributed by atoms with Gasteiger partial charge in [0.25, 0.3) is 0 Å². The van der Waals surface area contributed by atoms with E-state index in [1.54, 1.807) is 14.2 Å². The second kappa shape index (κ2) is 7.07. The fourth-order valence-corrected chi connectivity index (χ4v) is 3.22. The number of anilines is 1. The molecule has 2 aromatic heterocycles. The summed E-state index contributed by atoms with van der Waals surface area (Å²) in [5.41, 5.74) is 0.810. The Balaban J connectivity index is 1.35. The van der Waals surface area contributed by atoms with Gasteiger partial charge in [0.1, 0.15) is 0 Å². The molecule has 0 aliphatic heterocycles. The first-order valence-corrected chi connectivity index (χ1v) is 8.55. The van der Waals surface area contributed by atoms with Crippen molar-refractivity contribution < 1.29 is 14.0 Å². The van der Waals surface area contributed by atoms with E-state index in [9.17, 15) is 0 Å². The Morgan fingerprint density at radius 2 is 2.08 bits per heavy atom. The zero-order valence-electron chi connectivity index (χ0n) is 14.8. The average Bonchev–Trinajstić information content (AvgIpc) is 3.31. The van der Waals surface area contributed by atoms with Crippen molar-refractivity contribution in [2.45, 2.75) is 25.4 Å². The predicted octanol–water partition coefficient (Wildman–Crippen LogP) is 2.84. The van der Waals surface area contributed by atoms with E-state index < -0.39 is 0 Å². The van der Waals surface area contributed by atoms with Gasteiger partial charge in [-0.1, -0.05) is 5.16 Å². The summed E-state index contributed by atoms with van der Waals surface area (Å²) in [5.74, 6) is 2.43. The Morgan fingerprint density at radius 3 is 2.81 bits per heavy atom. The maximum Gasteiger partial charge on any atom is 0.322 e. The van der Waals surface area contributed by atoms with Crippen LogP contribution in [0.25, 0.3) is 11.4 Å². The summed E-state index contributed by atoms with van der Waals surface area (Å²) >= 11 is 0. The quantitative estimate of drug-likeness (QED) is 0.697. The molecule has 3 aromatic rings. The van der Waals surface area contributed by atoms with Crippen molar-refractivity contribution in [2.75, 3.05) is 19.5 Å². The average molecular weight is 355 g/mol. The van der Waals surface area contributed by atoms with Crippen molar-refractivity contribution in [1.82, 2.24) is 19.9 Å². The molecule has 0 radical (unpaired) electrons. The van der Waals surface area contributed by atoms with Crippen LogP contribution in [0.4, 0.5) is 6.01 Å². The van der Waals surface area contributed by atoms with E-state index in [2.05, 4.69) is 20.6 Å². The van der Waals surface area contributed by atoms with E-state index in [0.717, 1.165) is 24.9 Å². The summed E-state index contributed by atoms with van der Waals surface area (Å²) in [5, 5.41) is 11.6. The van der Waals surface area contributed by atoms with Crippen LogP contribution < -0.4 is 14.8 Å². The van der Waals surface area contributed by atoms with E-state index in [-0.39, 0.29) is 0 Å². The van der Waals surface area contributed by atoms with Gasteiger partial charge >= 0.3 is 6.01 Å². The number of aromatic nitrogens is 4.